The van der Waals surface area contributed by atoms with Crippen LogP contribution in [0.3, 0.4) is 0 Å². The van der Waals surface area contributed by atoms with Crippen LogP contribution in [0.1, 0.15) is 24.0 Å². The predicted molar refractivity (Wildman–Crippen MR) is 89.9 cm³/mol. The lowest BCUT2D eigenvalue weighted by molar-refractivity contribution is 0.927. The smallest absolute Gasteiger partial charge is 0.146 e. The van der Waals surface area contributed by atoms with E-state index in [2.05, 4.69) is 64.6 Å². The quantitative estimate of drug-likeness (QED) is 0.412. The summed E-state index contributed by atoms with van der Waals surface area (Å²) in [5.41, 5.74) is 2.31. The Balaban J connectivity index is 2.16. The van der Waals surface area contributed by atoms with E-state index in [4.69, 9.17) is 11.6 Å². The molecular weight excluding hydrogens is 391 g/mol. The Bertz CT molecular complexity index is 590. The summed E-state index contributed by atoms with van der Waals surface area (Å²) >= 11 is 10.1. The third-order valence-corrected chi connectivity index (χ3v) is 5.61. The number of aryl methyl sites for hydroxylation is 2. The monoisotopic (exact) mass is 404 g/mol. The number of benzene rings is 1. The number of aromatic nitrogens is 2. The first-order valence-corrected chi connectivity index (χ1v) is 8.45. The fourth-order valence-electron chi connectivity index (χ4n) is 1.67. The first-order valence-electron chi connectivity index (χ1n) is 6.01. The molecule has 5 heteroatoms. The van der Waals surface area contributed by atoms with Gasteiger partial charge in [-0.2, -0.15) is 0 Å². The number of hydrogen-bond donors (Lipinski definition) is 0. The van der Waals surface area contributed by atoms with Crippen molar-refractivity contribution in [1.82, 2.24) is 9.97 Å². The Labute approximate surface area is 136 Å². The molecule has 0 saturated carbocycles. The predicted octanol–water partition coefficient (Wildman–Crippen LogP) is 4.90. The van der Waals surface area contributed by atoms with Gasteiger partial charge in [-0.25, -0.2) is 9.97 Å². The first kappa shape index (κ1) is 15.1. The Hall–Kier alpha value is -0.330. The largest absolute Gasteiger partial charge is 0.236 e. The third kappa shape index (κ3) is 3.83. The van der Waals surface area contributed by atoms with Gasteiger partial charge in [0.25, 0.3) is 0 Å². The van der Waals surface area contributed by atoms with Gasteiger partial charge in [0.1, 0.15) is 11.0 Å². The molecule has 1 heterocycles. The van der Waals surface area contributed by atoms with Crippen LogP contribution in [0.2, 0.25) is 5.15 Å². The zero-order valence-electron chi connectivity index (χ0n) is 10.8. The van der Waals surface area contributed by atoms with Crippen LogP contribution in [-0.4, -0.2) is 9.97 Å². The molecular formula is C14H14ClIN2S. The Morgan fingerprint density at radius 2 is 2.00 bits per heavy atom. The van der Waals surface area contributed by atoms with Crippen LogP contribution < -0.4 is 0 Å². The van der Waals surface area contributed by atoms with E-state index in [1.807, 2.05) is 6.07 Å². The van der Waals surface area contributed by atoms with Crippen molar-refractivity contribution in [3.63, 3.8) is 0 Å². The van der Waals surface area contributed by atoms with Crippen LogP contribution in [0, 0.1) is 10.5 Å². The molecule has 2 aromatic rings. The number of halogens is 2. The average molecular weight is 405 g/mol. The molecule has 2 nitrogen and oxygen atoms in total. The maximum atomic E-state index is 6.14. The standard InChI is InChI=1S/C14H14ClIN2S/c1-3-10-13(16)14(15)18-12(17-10)8-19-11-7-5-4-6-9(11)2/h4-7H,3,8H2,1-2H3. The van der Waals surface area contributed by atoms with E-state index in [9.17, 15) is 0 Å². The lowest BCUT2D eigenvalue weighted by Crippen LogP contribution is -2.01. The van der Waals surface area contributed by atoms with Crippen LogP contribution in [0.15, 0.2) is 29.2 Å². The summed E-state index contributed by atoms with van der Waals surface area (Å²) < 4.78 is 0.964. The molecule has 0 aliphatic heterocycles. The molecule has 0 bridgehead atoms. The molecule has 1 aromatic heterocycles. The van der Waals surface area contributed by atoms with Gasteiger partial charge in [0.15, 0.2) is 0 Å². The highest BCUT2D eigenvalue weighted by Gasteiger charge is 2.10. The van der Waals surface area contributed by atoms with Gasteiger partial charge in [-0.3, -0.25) is 0 Å². The number of thioether (sulfide) groups is 1. The molecule has 100 valence electrons. The van der Waals surface area contributed by atoms with E-state index in [-0.39, 0.29) is 0 Å². The second kappa shape index (κ2) is 6.90. The molecule has 0 fully saturated rings. The molecule has 2 rings (SSSR count). The molecule has 0 aliphatic rings. The normalized spacial score (nSPS) is 10.7. The van der Waals surface area contributed by atoms with Crippen molar-refractivity contribution in [1.29, 1.82) is 0 Å². The summed E-state index contributed by atoms with van der Waals surface area (Å²) in [6.45, 7) is 4.20. The van der Waals surface area contributed by atoms with Crippen molar-refractivity contribution in [3.05, 3.63) is 50.1 Å². The van der Waals surface area contributed by atoms with Gasteiger partial charge in [0.2, 0.25) is 0 Å². The van der Waals surface area contributed by atoms with E-state index in [0.29, 0.717) is 5.15 Å². The second-order valence-corrected chi connectivity index (χ2v) is 6.55. The number of rotatable bonds is 4. The van der Waals surface area contributed by atoms with E-state index >= 15 is 0 Å². The highest BCUT2D eigenvalue weighted by atomic mass is 127. The van der Waals surface area contributed by atoms with Crippen LogP contribution in [0.5, 0.6) is 0 Å². The van der Waals surface area contributed by atoms with E-state index in [1.54, 1.807) is 11.8 Å². The summed E-state index contributed by atoms with van der Waals surface area (Å²) in [5, 5.41) is 0.563. The lowest BCUT2D eigenvalue weighted by Gasteiger charge is -2.07. The van der Waals surface area contributed by atoms with Crippen LogP contribution in [0.25, 0.3) is 0 Å². The Kier molecular flexibility index (Phi) is 5.47. The zero-order valence-corrected chi connectivity index (χ0v) is 14.5. The number of nitrogens with zero attached hydrogens (tertiary/aromatic N) is 2. The molecule has 0 aliphatic carbocycles. The van der Waals surface area contributed by atoms with Crippen molar-refractivity contribution < 1.29 is 0 Å². The van der Waals surface area contributed by atoms with E-state index in [0.717, 1.165) is 27.3 Å². The molecule has 0 N–H and O–H groups in total. The summed E-state index contributed by atoms with van der Waals surface area (Å²) in [6, 6.07) is 8.33. The minimum absolute atomic E-state index is 0.563. The lowest BCUT2D eigenvalue weighted by atomic mass is 10.2. The van der Waals surface area contributed by atoms with Crippen molar-refractivity contribution in [2.75, 3.05) is 0 Å². The second-order valence-electron chi connectivity index (χ2n) is 4.10. The fourth-order valence-corrected chi connectivity index (χ4v) is 3.38. The molecule has 0 spiro atoms. The van der Waals surface area contributed by atoms with Crippen molar-refractivity contribution in [3.8, 4) is 0 Å². The van der Waals surface area contributed by atoms with Gasteiger partial charge >= 0.3 is 0 Å². The molecule has 0 saturated heterocycles. The minimum atomic E-state index is 0.563. The van der Waals surface area contributed by atoms with E-state index < -0.39 is 0 Å². The van der Waals surface area contributed by atoms with Gasteiger partial charge in [-0.15, -0.1) is 11.8 Å². The summed E-state index contributed by atoms with van der Waals surface area (Å²) in [6.07, 6.45) is 0.878. The molecule has 0 amide bonds. The fraction of sp³-hybridized carbons (Fsp3) is 0.286. The maximum absolute atomic E-state index is 6.14. The zero-order chi connectivity index (χ0) is 13.8. The van der Waals surface area contributed by atoms with Gasteiger partial charge in [0.05, 0.1) is 15.0 Å². The average Bonchev–Trinajstić information content (AvgIpc) is 2.41. The molecule has 0 unspecified atom stereocenters. The molecule has 0 radical (unpaired) electrons. The van der Waals surface area contributed by atoms with Crippen molar-refractivity contribution >= 4 is 46.0 Å². The van der Waals surface area contributed by atoms with E-state index in [1.165, 1.54) is 10.5 Å². The topological polar surface area (TPSA) is 25.8 Å². The van der Waals surface area contributed by atoms with Crippen LogP contribution in [-0.2, 0) is 12.2 Å². The van der Waals surface area contributed by atoms with Gasteiger partial charge < -0.3 is 0 Å². The highest BCUT2D eigenvalue weighted by molar-refractivity contribution is 14.1. The Morgan fingerprint density at radius 3 is 2.68 bits per heavy atom. The number of hydrogen-bond acceptors (Lipinski definition) is 3. The summed E-state index contributed by atoms with van der Waals surface area (Å²) in [7, 11) is 0. The molecule has 19 heavy (non-hydrogen) atoms. The third-order valence-electron chi connectivity index (χ3n) is 2.71. The van der Waals surface area contributed by atoms with Gasteiger partial charge in [-0.05, 0) is 47.6 Å². The van der Waals surface area contributed by atoms with Crippen molar-refractivity contribution in [2.45, 2.75) is 30.9 Å². The summed E-state index contributed by atoms with van der Waals surface area (Å²) in [4.78, 5) is 10.2. The van der Waals surface area contributed by atoms with Gasteiger partial charge in [-0.1, -0.05) is 36.7 Å². The molecule has 0 atom stereocenters. The van der Waals surface area contributed by atoms with Crippen molar-refractivity contribution in [2.24, 2.45) is 0 Å². The highest BCUT2D eigenvalue weighted by Crippen LogP contribution is 2.26. The minimum Gasteiger partial charge on any atom is -0.236 e. The first-order chi connectivity index (χ1) is 9.11. The van der Waals surface area contributed by atoms with Gasteiger partial charge in [0, 0.05) is 4.90 Å². The van der Waals surface area contributed by atoms with Crippen LogP contribution >= 0.6 is 46.0 Å². The van der Waals surface area contributed by atoms with Crippen LogP contribution in [0.4, 0.5) is 0 Å². The maximum Gasteiger partial charge on any atom is 0.146 e. The SMILES string of the molecule is CCc1nc(CSc2ccccc2C)nc(Cl)c1I. The Morgan fingerprint density at radius 1 is 1.26 bits per heavy atom. The summed E-state index contributed by atoms with van der Waals surface area (Å²) in [5.74, 6) is 1.55. The molecule has 1 aromatic carbocycles.